The summed E-state index contributed by atoms with van der Waals surface area (Å²) in [6, 6.07) is 30.4. The molecule has 4 aromatic rings. The van der Waals surface area contributed by atoms with Gasteiger partial charge in [-0.3, -0.25) is 9.59 Å². The van der Waals surface area contributed by atoms with Gasteiger partial charge in [0.25, 0.3) is 11.8 Å². The van der Waals surface area contributed by atoms with Crippen molar-refractivity contribution in [3.63, 3.8) is 0 Å². The third kappa shape index (κ3) is 6.10. The highest BCUT2D eigenvalue weighted by Gasteiger charge is 2.13. The largest absolute Gasteiger partial charge is 0.321 e. The lowest BCUT2D eigenvalue weighted by Crippen LogP contribution is -2.12. The van der Waals surface area contributed by atoms with E-state index in [2.05, 4.69) is 10.6 Å². The molecule has 2 amide bonds. The molecule has 0 fully saturated rings. The molecule has 0 saturated carbocycles. The van der Waals surface area contributed by atoms with Crippen LogP contribution in [0.15, 0.2) is 107 Å². The molecule has 0 saturated heterocycles. The molecule has 170 valence electrons. The fraction of sp³-hybridized carbons (Fsp3) is 0.0714. The highest BCUT2D eigenvalue weighted by molar-refractivity contribution is 8.76. The number of rotatable bonds is 7. The van der Waals surface area contributed by atoms with Crippen molar-refractivity contribution in [1.82, 2.24) is 0 Å². The normalized spacial score (nSPS) is 10.5. The van der Waals surface area contributed by atoms with Gasteiger partial charge >= 0.3 is 0 Å². The number of aryl methyl sites for hydroxylation is 2. The van der Waals surface area contributed by atoms with Crippen molar-refractivity contribution in [3.05, 3.63) is 119 Å². The van der Waals surface area contributed by atoms with Crippen molar-refractivity contribution in [3.8, 4) is 0 Å². The number of anilines is 2. The lowest BCUT2D eigenvalue weighted by atomic mass is 10.1. The highest BCUT2D eigenvalue weighted by atomic mass is 33.1. The molecule has 0 spiro atoms. The summed E-state index contributed by atoms with van der Waals surface area (Å²) in [5.41, 5.74) is 4.93. The number of carbonyl (C=O) groups excluding carboxylic acids is 2. The van der Waals surface area contributed by atoms with Crippen LogP contribution in [0.5, 0.6) is 0 Å². The number of hydrogen-bond acceptors (Lipinski definition) is 4. The lowest BCUT2D eigenvalue weighted by Gasteiger charge is -2.13. The summed E-state index contributed by atoms with van der Waals surface area (Å²) in [4.78, 5) is 27.3. The van der Waals surface area contributed by atoms with E-state index >= 15 is 0 Å². The first-order valence-electron chi connectivity index (χ1n) is 10.8. The number of benzene rings is 4. The summed E-state index contributed by atoms with van der Waals surface area (Å²) < 4.78 is 0. The first kappa shape index (κ1) is 23.7. The van der Waals surface area contributed by atoms with Gasteiger partial charge < -0.3 is 10.6 Å². The molecular weight excluding hydrogens is 460 g/mol. The molecule has 0 radical (unpaired) electrons. The van der Waals surface area contributed by atoms with Gasteiger partial charge in [-0.05, 0) is 62.4 Å². The standard InChI is InChI=1S/C28H24N2O2S2/c1-19-11-15-21(16-12-19)27(31)29-23-7-3-5-9-25(23)33-34-26-10-6-4-8-24(26)30-28(32)22-17-13-20(2)14-18-22/h3-18H,1-2H3,(H,29,31)(H,30,32). The van der Waals surface area contributed by atoms with Crippen LogP contribution < -0.4 is 10.6 Å². The van der Waals surface area contributed by atoms with Crippen molar-refractivity contribution in [2.75, 3.05) is 10.6 Å². The summed E-state index contributed by atoms with van der Waals surface area (Å²) >= 11 is 0. The molecule has 4 aromatic carbocycles. The summed E-state index contributed by atoms with van der Waals surface area (Å²) in [5.74, 6) is -0.298. The number of hydrogen-bond donors (Lipinski definition) is 2. The van der Waals surface area contributed by atoms with Crippen LogP contribution >= 0.6 is 21.6 Å². The number of nitrogens with one attached hydrogen (secondary N) is 2. The minimum absolute atomic E-state index is 0.149. The SMILES string of the molecule is Cc1ccc(C(=O)Nc2ccccc2SSc2ccccc2NC(=O)c2ccc(C)cc2)cc1. The topological polar surface area (TPSA) is 58.2 Å². The third-order valence-electron chi connectivity index (χ3n) is 5.12. The van der Waals surface area contributed by atoms with E-state index in [0.29, 0.717) is 11.1 Å². The minimum Gasteiger partial charge on any atom is -0.321 e. The quantitative estimate of drug-likeness (QED) is 0.265. The Morgan fingerprint density at radius 3 is 1.26 bits per heavy atom. The maximum absolute atomic E-state index is 12.7. The van der Waals surface area contributed by atoms with E-state index in [9.17, 15) is 9.59 Å². The summed E-state index contributed by atoms with van der Waals surface area (Å²) in [5, 5.41) is 6.03. The van der Waals surface area contributed by atoms with Gasteiger partial charge in [0.2, 0.25) is 0 Å². The van der Waals surface area contributed by atoms with Crippen LogP contribution in [0, 0.1) is 13.8 Å². The van der Waals surface area contributed by atoms with Crippen LogP contribution in [0.3, 0.4) is 0 Å². The van der Waals surface area contributed by atoms with Crippen molar-refractivity contribution < 1.29 is 9.59 Å². The number of para-hydroxylation sites is 2. The molecule has 4 nitrogen and oxygen atoms in total. The first-order valence-corrected chi connectivity index (χ1v) is 12.9. The van der Waals surface area contributed by atoms with Crippen molar-refractivity contribution in [2.24, 2.45) is 0 Å². The Hall–Kier alpha value is -3.48. The van der Waals surface area contributed by atoms with Crippen LogP contribution in [0.2, 0.25) is 0 Å². The van der Waals surface area contributed by atoms with Gasteiger partial charge in [-0.25, -0.2) is 0 Å². The lowest BCUT2D eigenvalue weighted by molar-refractivity contribution is 0.101. The van der Waals surface area contributed by atoms with Crippen molar-refractivity contribution in [2.45, 2.75) is 23.6 Å². The number of amides is 2. The summed E-state index contributed by atoms with van der Waals surface area (Å²) in [6.45, 7) is 3.98. The molecular formula is C28H24N2O2S2. The van der Waals surface area contributed by atoms with Crippen molar-refractivity contribution >= 4 is 44.8 Å². The fourth-order valence-electron chi connectivity index (χ4n) is 3.17. The Balaban J connectivity index is 1.46. The smallest absolute Gasteiger partial charge is 0.255 e. The Morgan fingerprint density at radius 1 is 0.529 bits per heavy atom. The summed E-state index contributed by atoms with van der Waals surface area (Å²) in [6.07, 6.45) is 0. The van der Waals surface area contributed by atoms with Crippen LogP contribution in [0.1, 0.15) is 31.8 Å². The Bertz CT molecular complexity index is 1200. The van der Waals surface area contributed by atoms with E-state index in [1.165, 1.54) is 21.6 Å². The van der Waals surface area contributed by atoms with E-state index in [1.807, 2.05) is 111 Å². The monoisotopic (exact) mass is 484 g/mol. The molecule has 0 unspecified atom stereocenters. The zero-order valence-corrected chi connectivity index (χ0v) is 20.5. The van der Waals surface area contributed by atoms with Crippen molar-refractivity contribution in [1.29, 1.82) is 0 Å². The van der Waals surface area contributed by atoms with Gasteiger partial charge in [0, 0.05) is 20.9 Å². The second kappa shape index (κ2) is 11.1. The maximum atomic E-state index is 12.7. The van der Waals surface area contributed by atoms with Gasteiger partial charge in [-0.2, -0.15) is 0 Å². The van der Waals surface area contributed by atoms with E-state index in [0.717, 1.165) is 32.3 Å². The predicted molar refractivity (Wildman–Crippen MR) is 143 cm³/mol. The molecule has 0 atom stereocenters. The Kier molecular flexibility index (Phi) is 7.72. The second-order valence-corrected chi connectivity index (χ2v) is 10.0. The van der Waals surface area contributed by atoms with Gasteiger partial charge in [0.1, 0.15) is 0 Å². The molecule has 4 rings (SSSR count). The molecule has 0 aliphatic carbocycles. The molecule has 0 bridgehead atoms. The average molecular weight is 485 g/mol. The van der Waals surface area contributed by atoms with Gasteiger partial charge in [-0.1, -0.05) is 81.2 Å². The maximum Gasteiger partial charge on any atom is 0.255 e. The van der Waals surface area contributed by atoms with Gasteiger partial charge in [-0.15, -0.1) is 0 Å². The number of carbonyl (C=O) groups is 2. The van der Waals surface area contributed by atoms with Gasteiger partial charge in [0.15, 0.2) is 0 Å². The fourth-order valence-corrected chi connectivity index (χ4v) is 5.45. The Labute approximate surface area is 207 Å². The minimum atomic E-state index is -0.149. The summed E-state index contributed by atoms with van der Waals surface area (Å²) in [7, 11) is 3.06. The predicted octanol–water partition coefficient (Wildman–Crippen LogP) is 7.61. The Morgan fingerprint density at radius 2 is 0.882 bits per heavy atom. The molecule has 0 aliphatic rings. The zero-order chi connectivity index (χ0) is 23.9. The molecule has 6 heteroatoms. The second-order valence-electron chi connectivity index (χ2n) is 7.80. The van der Waals surface area contributed by atoms with Crippen LogP contribution in [0.4, 0.5) is 11.4 Å². The molecule has 2 N–H and O–H groups in total. The third-order valence-corrected chi connectivity index (χ3v) is 7.60. The first-order chi connectivity index (χ1) is 16.5. The van der Waals surface area contributed by atoms with Crippen LogP contribution in [-0.2, 0) is 0 Å². The van der Waals surface area contributed by atoms with Crippen LogP contribution in [-0.4, -0.2) is 11.8 Å². The average Bonchev–Trinajstić information content (AvgIpc) is 2.85. The molecule has 0 aromatic heterocycles. The molecule has 34 heavy (non-hydrogen) atoms. The van der Waals surface area contributed by atoms with E-state index in [4.69, 9.17) is 0 Å². The van der Waals surface area contributed by atoms with E-state index in [-0.39, 0.29) is 11.8 Å². The van der Waals surface area contributed by atoms with E-state index < -0.39 is 0 Å². The zero-order valence-electron chi connectivity index (χ0n) is 18.9. The van der Waals surface area contributed by atoms with Crippen LogP contribution in [0.25, 0.3) is 0 Å². The van der Waals surface area contributed by atoms with Gasteiger partial charge in [0.05, 0.1) is 11.4 Å². The molecule has 0 aliphatic heterocycles. The van der Waals surface area contributed by atoms with E-state index in [1.54, 1.807) is 0 Å². The highest BCUT2D eigenvalue weighted by Crippen LogP contribution is 2.43. The molecule has 0 heterocycles.